The van der Waals surface area contributed by atoms with Crippen molar-refractivity contribution in [3.63, 3.8) is 0 Å². The minimum absolute atomic E-state index is 0.0326. The molecule has 5 nitrogen and oxygen atoms in total. The fourth-order valence-electron chi connectivity index (χ4n) is 2.74. The maximum atomic E-state index is 13.4. The maximum absolute atomic E-state index is 13.4. The van der Waals surface area contributed by atoms with Crippen LogP contribution in [0.1, 0.15) is 16.0 Å². The smallest absolute Gasteiger partial charge is 0.417 e. The van der Waals surface area contributed by atoms with E-state index >= 15 is 0 Å². The third-order valence-corrected chi connectivity index (χ3v) is 6.50. The number of benzene rings is 2. The molecule has 3 aromatic rings. The minimum atomic E-state index is -5.04. The highest BCUT2D eigenvalue weighted by atomic mass is 32.2. The highest BCUT2D eigenvalue weighted by Gasteiger charge is 2.38. The van der Waals surface area contributed by atoms with E-state index in [-0.39, 0.29) is 23.1 Å². The fraction of sp³-hybridized carbons (Fsp3) is 0.211. The number of halogens is 6. The zero-order valence-electron chi connectivity index (χ0n) is 16.1. The van der Waals surface area contributed by atoms with Gasteiger partial charge in [0, 0.05) is 17.5 Å². The van der Waals surface area contributed by atoms with Crippen LogP contribution in [-0.4, -0.2) is 19.9 Å². The quantitative estimate of drug-likeness (QED) is 0.468. The molecular weight excluding hydrogens is 482 g/mol. The largest absolute Gasteiger partial charge is 0.480 e. The number of sulfonamides is 1. The van der Waals surface area contributed by atoms with Crippen molar-refractivity contribution in [1.82, 2.24) is 9.10 Å². The Hall–Kier alpha value is -2.64. The fourth-order valence-corrected chi connectivity index (χ4v) is 4.47. The number of nitrogens with one attached hydrogen (secondary N) is 1. The van der Waals surface area contributed by atoms with Crippen LogP contribution in [0.2, 0.25) is 0 Å². The van der Waals surface area contributed by atoms with Crippen LogP contribution in [0.15, 0.2) is 53.4 Å². The van der Waals surface area contributed by atoms with Crippen molar-refractivity contribution in [2.24, 2.45) is 0 Å². The van der Waals surface area contributed by atoms with Gasteiger partial charge in [-0.3, -0.25) is 0 Å². The third-order valence-electron chi connectivity index (χ3n) is 4.31. The van der Waals surface area contributed by atoms with Gasteiger partial charge in [-0.2, -0.15) is 30.7 Å². The molecule has 0 bridgehead atoms. The van der Waals surface area contributed by atoms with Crippen molar-refractivity contribution in [2.75, 3.05) is 7.11 Å². The predicted octanol–water partition coefficient (Wildman–Crippen LogP) is 5.33. The lowest BCUT2D eigenvalue weighted by molar-refractivity contribution is -0.142. The van der Waals surface area contributed by atoms with E-state index in [2.05, 4.69) is 9.10 Å². The molecule has 172 valence electrons. The second-order valence-electron chi connectivity index (χ2n) is 6.44. The van der Waals surface area contributed by atoms with E-state index in [0.717, 1.165) is 35.8 Å². The molecule has 0 fully saturated rings. The summed E-state index contributed by atoms with van der Waals surface area (Å²) in [6.07, 6.45) is -9.98. The Balaban J connectivity index is 1.87. The molecule has 1 N–H and O–H groups in total. The lowest BCUT2D eigenvalue weighted by Crippen LogP contribution is -2.22. The monoisotopic (exact) mass is 496 g/mol. The van der Waals surface area contributed by atoms with Gasteiger partial charge < -0.3 is 4.74 Å². The lowest BCUT2D eigenvalue weighted by atomic mass is 9.97. The molecule has 0 atom stereocenters. The van der Waals surface area contributed by atoms with Crippen molar-refractivity contribution in [3.8, 4) is 17.0 Å². The van der Waals surface area contributed by atoms with Crippen LogP contribution in [0, 0.1) is 0 Å². The van der Waals surface area contributed by atoms with Crippen molar-refractivity contribution < 1.29 is 39.5 Å². The van der Waals surface area contributed by atoms with Crippen LogP contribution in [-0.2, 0) is 28.9 Å². The van der Waals surface area contributed by atoms with Gasteiger partial charge in [0.1, 0.15) is 0 Å². The van der Waals surface area contributed by atoms with E-state index in [1.54, 1.807) is 6.07 Å². The van der Waals surface area contributed by atoms with E-state index in [4.69, 9.17) is 4.74 Å². The van der Waals surface area contributed by atoms with Gasteiger partial charge in [-0.05, 0) is 46.9 Å². The first-order valence-electron chi connectivity index (χ1n) is 8.69. The number of hydrogen-bond donors (Lipinski definition) is 1. The number of nitrogens with zero attached hydrogens (tertiary/aromatic N) is 1. The number of aromatic nitrogens is 1. The van der Waals surface area contributed by atoms with Gasteiger partial charge in [-0.15, -0.1) is 0 Å². The van der Waals surface area contributed by atoms with Crippen molar-refractivity contribution in [3.05, 3.63) is 64.5 Å². The number of methoxy groups -OCH3 is 1. The average Bonchev–Trinajstić information content (AvgIpc) is 3.19. The molecule has 0 saturated heterocycles. The molecule has 0 saturated carbocycles. The van der Waals surface area contributed by atoms with Crippen LogP contribution in [0.25, 0.3) is 11.1 Å². The highest BCUT2D eigenvalue weighted by Crippen LogP contribution is 2.41. The average molecular weight is 496 g/mol. The van der Waals surface area contributed by atoms with Gasteiger partial charge >= 0.3 is 12.4 Å². The molecule has 1 aromatic heterocycles. The van der Waals surface area contributed by atoms with Crippen LogP contribution in [0.5, 0.6) is 5.88 Å². The van der Waals surface area contributed by atoms with Gasteiger partial charge in [-0.25, -0.2) is 13.1 Å². The molecule has 0 aliphatic rings. The standard InChI is InChI=1S/C19H14F6N2O3S2/c1-30-17-9-13(31-27-17)10-26-32(28,29)14-5-2-11(3-6-14)15-7-4-12(18(20,21)22)8-16(15)19(23,24)25/h2-9,26H,10H2,1H3. The Labute approximate surface area is 182 Å². The van der Waals surface area contributed by atoms with Crippen LogP contribution < -0.4 is 9.46 Å². The summed E-state index contributed by atoms with van der Waals surface area (Å²) in [6, 6.07) is 7.17. The molecule has 32 heavy (non-hydrogen) atoms. The Morgan fingerprint density at radius 2 is 1.62 bits per heavy atom. The number of alkyl halides is 6. The zero-order valence-corrected chi connectivity index (χ0v) is 17.7. The van der Waals surface area contributed by atoms with E-state index in [1.807, 2.05) is 0 Å². The molecular formula is C19H14F6N2O3S2. The number of hydrogen-bond acceptors (Lipinski definition) is 5. The molecule has 2 aromatic carbocycles. The SMILES string of the molecule is COc1cc(CNS(=O)(=O)c2ccc(-c3ccc(C(F)(F)F)cc3C(F)(F)F)cc2)sn1. The van der Waals surface area contributed by atoms with Gasteiger partial charge in [0.2, 0.25) is 15.9 Å². The summed E-state index contributed by atoms with van der Waals surface area (Å²) >= 11 is 1.03. The molecule has 0 aliphatic heterocycles. The molecule has 1 heterocycles. The topological polar surface area (TPSA) is 68.3 Å². The summed E-state index contributed by atoms with van der Waals surface area (Å²) < 4.78 is 115. The van der Waals surface area contributed by atoms with E-state index in [0.29, 0.717) is 22.9 Å². The van der Waals surface area contributed by atoms with E-state index in [9.17, 15) is 34.8 Å². The van der Waals surface area contributed by atoms with Crippen molar-refractivity contribution >= 4 is 21.6 Å². The molecule has 13 heteroatoms. The van der Waals surface area contributed by atoms with Crippen molar-refractivity contribution in [2.45, 2.75) is 23.8 Å². The second kappa shape index (κ2) is 8.71. The second-order valence-corrected chi connectivity index (χ2v) is 9.10. The molecule has 3 rings (SSSR count). The maximum Gasteiger partial charge on any atom is 0.417 e. The molecule has 0 amide bonds. The Bertz CT molecular complexity index is 1200. The summed E-state index contributed by atoms with van der Waals surface area (Å²) in [5.74, 6) is 0.325. The van der Waals surface area contributed by atoms with Gasteiger partial charge in [0.15, 0.2) is 0 Å². The lowest BCUT2D eigenvalue weighted by Gasteiger charge is -2.16. The molecule has 0 spiro atoms. The first-order valence-corrected chi connectivity index (χ1v) is 10.9. The van der Waals surface area contributed by atoms with E-state index < -0.39 is 39.1 Å². The normalized spacial score (nSPS) is 12.7. The first kappa shape index (κ1) is 24.0. The summed E-state index contributed by atoms with van der Waals surface area (Å²) in [5.41, 5.74) is -3.49. The van der Waals surface area contributed by atoms with Gasteiger partial charge in [-0.1, -0.05) is 18.2 Å². The molecule has 0 unspecified atom stereocenters. The predicted molar refractivity (Wildman–Crippen MR) is 105 cm³/mol. The summed E-state index contributed by atoms with van der Waals surface area (Å²) in [4.78, 5) is 0.347. The molecule has 0 radical (unpaired) electrons. The Kier molecular flexibility index (Phi) is 6.54. The van der Waals surface area contributed by atoms with E-state index in [1.165, 1.54) is 7.11 Å². The van der Waals surface area contributed by atoms with Crippen molar-refractivity contribution in [1.29, 1.82) is 0 Å². The van der Waals surface area contributed by atoms with Crippen LogP contribution >= 0.6 is 11.5 Å². The zero-order chi connectivity index (χ0) is 23.7. The summed E-state index contributed by atoms with van der Waals surface area (Å²) in [5, 5.41) is 0. The Morgan fingerprint density at radius 3 is 2.16 bits per heavy atom. The number of rotatable bonds is 6. The summed E-state index contributed by atoms with van der Waals surface area (Å²) in [6.45, 7) is -0.0811. The first-order chi connectivity index (χ1) is 14.8. The minimum Gasteiger partial charge on any atom is -0.480 e. The highest BCUT2D eigenvalue weighted by molar-refractivity contribution is 7.89. The van der Waals surface area contributed by atoms with Crippen LogP contribution in [0.4, 0.5) is 26.3 Å². The summed E-state index contributed by atoms with van der Waals surface area (Å²) in [7, 11) is -2.59. The molecule has 0 aliphatic carbocycles. The van der Waals surface area contributed by atoms with Gasteiger partial charge in [0.05, 0.1) is 23.1 Å². The Morgan fingerprint density at radius 1 is 0.969 bits per heavy atom. The van der Waals surface area contributed by atoms with Gasteiger partial charge in [0.25, 0.3) is 0 Å². The van der Waals surface area contributed by atoms with Crippen LogP contribution in [0.3, 0.4) is 0 Å². The number of ether oxygens (including phenoxy) is 1. The third kappa shape index (κ3) is 5.40.